The van der Waals surface area contributed by atoms with Crippen LogP contribution in [0.1, 0.15) is 55.8 Å². The molecule has 1 atom stereocenters. The van der Waals surface area contributed by atoms with E-state index in [2.05, 4.69) is 6.92 Å². The lowest BCUT2D eigenvalue weighted by Crippen LogP contribution is -3.14. The summed E-state index contributed by atoms with van der Waals surface area (Å²) in [5.74, 6) is -0.675. The number of aryl methyl sites for hydroxylation is 1. The molecule has 0 bridgehead atoms. The van der Waals surface area contributed by atoms with Gasteiger partial charge in [-0.1, -0.05) is 19.4 Å². The van der Waals surface area contributed by atoms with E-state index >= 15 is 0 Å². The van der Waals surface area contributed by atoms with Gasteiger partial charge < -0.3 is 34.2 Å². The fourth-order valence-corrected chi connectivity index (χ4v) is 5.28. The third kappa shape index (κ3) is 6.59. The summed E-state index contributed by atoms with van der Waals surface area (Å²) in [4.78, 5) is 29.7. The molecule has 0 aromatic heterocycles. The van der Waals surface area contributed by atoms with Crippen molar-refractivity contribution in [2.45, 2.75) is 46.1 Å². The number of phenolic OH excluding ortho intramolecular Hbond substituents is 1. The Morgan fingerprint density at radius 1 is 1.05 bits per heavy atom. The molecule has 40 heavy (non-hydrogen) atoms. The predicted octanol–water partition coefficient (Wildman–Crippen LogP) is 3.01. The van der Waals surface area contributed by atoms with Gasteiger partial charge in [-0.3, -0.25) is 9.59 Å². The lowest BCUT2D eigenvalue weighted by Gasteiger charge is -2.28. The lowest BCUT2D eigenvalue weighted by molar-refractivity contribution is -0.908. The van der Waals surface area contributed by atoms with E-state index in [-0.39, 0.29) is 22.8 Å². The summed E-state index contributed by atoms with van der Waals surface area (Å²) >= 11 is 0. The van der Waals surface area contributed by atoms with E-state index in [1.165, 1.54) is 15.9 Å². The number of carbonyl (C=O) groups is 2. The van der Waals surface area contributed by atoms with Crippen LogP contribution in [0.5, 0.6) is 17.2 Å². The van der Waals surface area contributed by atoms with E-state index in [9.17, 15) is 19.8 Å². The molecule has 1 amide bonds. The smallest absolute Gasteiger partial charge is 0.295 e. The van der Waals surface area contributed by atoms with Gasteiger partial charge in [-0.25, -0.2) is 0 Å². The number of aliphatic hydroxyl groups is 1. The van der Waals surface area contributed by atoms with E-state index in [0.29, 0.717) is 43.1 Å². The van der Waals surface area contributed by atoms with Crippen molar-refractivity contribution in [1.82, 2.24) is 4.90 Å². The van der Waals surface area contributed by atoms with Gasteiger partial charge in [0.2, 0.25) is 0 Å². The van der Waals surface area contributed by atoms with Gasteiger partial charge in [0.15, 0.2) is 11.5 Å². The highest BCUT2D eigenvalue weighted by Crippen LogP contribution is 2.42. The number of quaternary nitrogens is 1. The van der Waals surface area contributed by atoms with Crippen LogP contribution in [0.3, 0.4) is 0 Å². The summed E-state index contributed by atoms with van der Waals surface area (Å²) in [6.45, 7) is 11.2. The van der Waals surface area contributed by atoms with E-state index < -0.39 is 17.7 Å². The molecule has 2 fully saturated rings. The Kier molecular flexibility index (Phi) is 10.1. The quantitative estimate of drug-likeness (QED) is 0.160. The monoisotopic (exact) mass is 553 g/mol. The minimum absolute atomic E-state index is 0.0240. The maximum absolute atomic E-state index is 13.4. The number of ether oxygens (including phenoxy) is 3. The first-order valence-corrected chi connectivity index (χ1v) is 14.2. The van der Waals surface area contributed by atoms with Gasteiger partial charge in [0, 0.05) is 18.5 Å². The molecule has 4 rings (SSSR count). The number of amides is 1. The zero-order valence-corrected chi connectivity index (χ0v) is 23.7. The van der Waals surface area contributed by atoms with Gasteiger partial charge in [0.1, 0.15) is 24.6 Å². The molecule has 3 N–H and O–H groups in total. The molecule has 0 spiro atoms. The van der Waals surface area contributed by atoms with Crippen LogP contribution < -0.4 is 14.4 Å². The van der Waals surface area contributed by atoms with Gasteiger partial charge in [-0.05, 0) is 61.7 Å². The third-order valence-corrected chi connectivity index (χ3v) is 7.47. The van der Waals surface area contributed by atoms with Gasteiger partial charge in [-0.15, -0.1) is 0 Å². The number of morpholine rings is 1. The Bertz CT molecular complexity index is 1240. The number of Topliss-reactive ketones (excluding diaryl/α,β-unsaturated/α-hetero) is 1. The topological polar surface area (TPSA) is 110 Å². The number of aromatic hydroxyl groups is 1. The second kappa shape index (κ2) is 13.7. The molecule has 2 aliphatic heterocycles. The van der Waals surface area contributed by atoms with Crippen LogP contribution >= 0.6 is 0 Å². The van der Waals surface area contributed by atoms with E-state index in [1.807, 2.05) is 13.8 Å². The average molecular weight is 554 g/mol. The lowest BCUT2D eigenvalue weighted by atomic mass is 9.94. The molecular formula is C31H41N2O7+. The Morgan fingerprint density at radius 2 is 1.82 bits per heavy atom. The second-order valence-electron chi connectivity index (χ2n) is 10.3. The van der Waals surface area contributed by atoms with Gasteiger partial charge in [-0.2, -0.15) is 0 Å². The molecule has 2 aromatic carbocycles. The maximum atomic E-state index is 13.4. The van der Waals surface area contributed by atoms with Crippen LogP contribution in [0.15, 0.2) is 42.0 Å². The first-order chi connectivity index (χ1) is 19.3. The highest BCUT2D eigenvalue weighted by atomic mass is 16.5. The van der Waals surface area contributed by atoms with Crippen molar-refractivity contribution in [3.63, 3.8) is 0 Å². The molecule has 0 unspecified atom stereocenters. The predicted molar refractivity (Wildman–Crippen MR) is 151 cm³/mol. The number of benzene rings is 2. The van der Waals surface area contributed by atoms with Crippen LogP contribution in [-0.2, 0) is 14.3 Å². The Labute approximate surface area is 235 Å². The fraction of sp³-hybridized carbons (Fsp3) is 0.484. The maximum Gasteiger partial charge on any atom is 0.295 e. The van der Waals surface area contributed by atoms with Crippen LogP contribution in [-0.4, -0.2) is 79.4 Å². The number of likely N-dealkylation sites (tertiary alicyclic amines) is 1. The van der Waals surface area contributed by atoms with Gasteiger partial charge >= 0.3 is 0 Å². The van der Waals surface area contributed by atoms with Gasteiger partial charge in [0.25, 0.3) is 11.7 Å². The molecule has 2 saturated heterocycles. The zero-order chi connectivity index (χ0) is 28.6. The highest BCUT2D eigenvalue weighted by molar-refractivity contribution is 6.46. The Balaban J connectivity index is 1.69. The van der Waals surface area contributed by atoms with Crippen molar-refractivity contribution in [3.05, 3.63) is 58.7 Å². The van der Waals surface area contributed by atoms with Crippen molar-refractivity contribution < 1.29 is 38.9 Å². The SMILES string of the molecule is CCCCOc1ccc(C(O)=C2C(=O)C(=O)N(CCC[NH+]3CCOCC3)[C@H]2c2ccc(O)c(OCC)c2)cc1C. The summed E-state index contributed by atoms with van der Waals surface area (Å²) < 4.78 is 16.9. The van der Waals surface area contributed by atoms with Crippen LogP contribution in [0.4, 0.5) is 0 Å². The van der Waals surface area contributed by atoms with Crippen molar-refractivity contribution >= 4 is 17.4 Å². The molecule has 0 aliphatic carbocycles. The fourth-order valence-electron chi connectivity index (χ4n) is 5.28. The van der Waals surface area contributed by atoms with Crippen molar-refractivity contribution in [2.75, 3.05) is 52.6 Å². The number of hydrogen-bond donors (Lipinski definition) is 3. The number of carbonyl (C=O) groups excluding carboxylic acids is 2. The van der Waals surface area contributed by atoms with Crippen molar-refractivity contribution in [3.8, 4) is 17.2 Å². The van der Waals surface area contributed by atoms with E-state index in [1.54, 1.807) is 30.3 Å². The van der Waals surface area contributed by atoms with Gasteiger partial charge in [0.05, 0.1) is 44.6 Å². The second-order valence-corrected chi connectivity index (χ2v) is 10.3. The minimum atomic E-state index is -0.819. The zero-order valence-electron chi connectivity index (χ0n) is 23.7. The van der Waals surface area contributed by atoms with Crippen LogP contribution in [0.2, 0.25) is 0 Å². The highest BCUT2D eigenvalue weighted by Gasteiger charge is 2.46. The average Bonchev–Trinajstić information content (AvgIpc) is 3.20. The first kappa shape index (κ1) is 29.4. The number of ketones is 1. The Hall–Kier alpha value is -3.56. The first-order valence-electron chi connectivity index (χ1n) is 14.2. The van der Waals surface area contributed by atoms with Crippen LogP contribution in [0, 0.1) is 6.92 Å². The standard InChI is InChI=1S/C31H40N2O7/c1-4-6-16-40-25-11-9-23(19-21(25)3)29(35)27-28(22-8-10-24(34)26(20-22)39-5-2)33(31(37)30(27)36)13-7-12-32-14-17-38-18-15-32/h8-11,19-20,28,34-35H,4-7,12-18H2,1-3H3/p+1/t28-/m0/s1. The summed E-state index contributed by atoms with van der Waals surface area (Å²) in [6, 6.07) is 9.23. The molecule has 2 aromatic rings. The molecular weight excluding hydrogens is 512 g/mol. The molecule has 9 heteroatoms. The number of rotatable bonds is 12. The van der Waals surface area contributed by atoms with Crippen molar-refractivity contribution in [2.24, 2.45) is 0 Å². The third-order valence-electron chi connectivity index (χ3n) is 7.47. The number of nitrogens with zero attached hydrogens (tertiary/aromatic N) is 1. The molecule has 0 radical (unpaired) electrons. The Morgan fingerprint density at radius 3 is 2.52 bits per heavy atom. The minimum Gasteiger partial charge on any atom is -0.507 e. The molecule has 9 nitrogen and oxygen atoms in total. The molecule has 2 heterocycles. The number of hydrogen-bond acceptors (Lipinski definition) is 7. The number of nitrogens with one attached hydrogen (secondary N) is 1. The molecule has 2 aliphatic rings. The summed E-state index contributed by atoms with van der Waals surface area (Å²) in [5.41, 5.74) is 1.86. The number of phenols is 1. The molecule has 216 valence electrons. The summed E-state index contributed by atoms with van der Waals surface area (Å²) in [5, 5.41) is 21.8. The van der Waals surface area contributed by atoms with Crippen LogP contribution in [0.25, 0.3) is 5.76 Å². The van der Waals surface area contributed by atoms with Crippen molar-refractivity contribution in [1.29, 1.82) is 0 Å². The summed E-state index contributed by atoms with van der Waals surface area (Å²) in [6.07, 6.45) is 2.65. The number of aliphatic hydroxyl groups excluding tert-OH is 1. The van der Waals surface area contributed by atoms with E-state index in [4.69, 9.17) is 14.2 Å². The largest absolute Gasteiger partial charge is 0.507 e. The summed E-state index contributed by atoms with van der Waals surface area (Å²) in [7, 11) is 0. The number of unbranched alkanes of at least 4 members (excludes halogenated alkanes) is 1. The molecule has 0 saturated carbocycles. The normalized spacial score (nSPS) is 19.3. The van der Waals surface area contributed by atoms with E-state index in [0.717, 1.165) is 51.3 Å².